The van der Waals surface area contributed by atoms with E-state index in [1.165, 1.54) is 24.3 Å². The van der Waals surface area contributed by atoms with E-state index >= 15 is 4.39 Å². The van der Waals surface area contributed by atoms with Crippen molar-refractivity contribution >= 4 is 27.5 Å². The zero-order valence-electron chi connectivity index (χ0n) is 24.7. The fourth-order valence-electron chi connectivity index (χ4n) is 6.83. The van der Waals surface area contributed by atoms with E-state index in [-0.39, 0.29) is 34.1 Å². The van der Waals surface area contributed by atoms with Crippen LogP contribution in [0, 0.1) is 24.0 Å². The zero-order chi connectivity index (χ0) is 30.4. The van der Waals surface area contributed by atoms with Crippen molar-refractivity contribution < 1.29 is 18.6 Å². The number of aromatic hydroxyl groups is 1. The Hall–Kier alpha value is -4.11. The first-order valence-electron chi connectivity index (χ1n) is 15.3. The Morgan fingerprint density at radius 3 is 2.55 bits per heavy atom. The Labute approximate surface area is 254 Å². The lowest BCUT2D eigenvalue weighted by atomic mass is 9.96. The lowest BCUT2D eigenvalue weighted by molar-refractivity contribution is 0.119. The molecule has 0 saturated carbocycles. The highest BCUT2D eigenvalue weighted by molar-refractivity contribution is 6.03. The van der Waals surface area contributed by atoms with Crippen LogP contribution in [-0.4, -0.2) is 101 Å². The van der Waals surface area contributed by atoms with E-state index in [0.29, 0.717) is 47.2 Å². The van der Waals surface area contributed by atoms with Crippen LogP contribution in [0.1, 0.15) is 25.3 Å². The topological polar surface area (TPSA) is 89.9 Å². The summed E-state index contributed by atoms with van der Waals surface area (Å²) in [4.78, 5) is 20.8. The fraction of sp³-hybridized carbons (Fsp3) is 0.424. The first-order chi connectivity index (χ1) is 21.4. The molecule has 4 aromatic rings. The average molecular weight is 600 g/mol. The van der Waals surface area contributed by atoms with Gasteiger partial charge in [0, 0.05) is 75.0 Å². The molecule has 0 amide bonds. The van der Waals surface area contributed by atoms with Crippen LogP contribution in [0.2, 0.25) is 0 Å². The maximum Gasteiger partial charge on any atom is 0.319 e. The van der Waals surface area contributed by atoms with Crippen LogP contribution >= 0.6 is 0 Å². The number of hydrogen-bond donors (Lipinski definition) is 2. The average Bonchev–Trinajstić information content (AvgIpc) is 3.38. The number of nitrogens with zero attached hydrogens (tertiary/aromatic N) is 6. The van der Waals surface area contributed by atoms with Crippen molar-refractivity contribution in [2.45, 2.75) is 31.8 Å². The number of pyridine rings is 1. The smallest absolute Gasteiger partial charge is 0.319 e. The van der Waals surface area contributed by atoms with Crippen LogP contribution in [0.25, 0.3) is 32.9 Å². The monoisotopic (exact) mass is 599 g/mol. The van der Waals surface area contributed by atoms with Crippen molar-refractivity contribution in [2.75, 3.05) is 63.9 Å². The van der Waals surface area contributed by atoms with Gasteiger partial charge in [0.25, 0.3) is 0 Å². The molecule has 3 fully saturated rings. The molecule has 9 nitrogen and oxygen atoms in total. The number of likely N-dealkylation sites (N-methyl/N-ethyl adjacent to an activating group) is 1. The number of phenolic OH excluding ortho intramolecular Hbond substituents is 1. The number of piperazine rings is 2. The highest BCUT2D eigenvalue weighted by Gasteiger charge is 2.34. The van der Waals surface area contributed by atoms with Gasteiger partial charge >= 0.3 is 6.01 Å². The van der Waals surface area contributed by atoms with Crippen LogP contribution in [0.4, 0.5) is 14.6 Å². The van der Waals surface area contributed by atoms with E-state index in [2.05, 4.69) is 42.8 Å². The molecule has 2 bridgehead atoms. The minimum Gasteiger partial charge on any atom is -0.508 e. The van der Waals surface area contributed by atoms with Gasteiger partial charge in [0.05, 0.1) is 10.9 Å². The molecule has 2 N–H and O–H groups in total. The number of benzene rings is 2. The van der Waals surface area contributed by atoms with Gasteiger partial charge in [0.1, 0.15) is 35.2 Å². The maximum atomic E-state index is 16.6. The van der Waals surface area contributed by atoms with E-state index in [1.54, 1.807) is 6.20 Å². The van der Waals surface area contributed by atoms with Gasteiger partial charge in [-0.2, -0.15) is 9.97 Å². The fourth-order valence-corrected chi connectivity index (χ4v) is 6.83. The summed E-state index contributed by atoms with van der Waals surface area (Å²) >= 11 is 0. The van der Waals surface area contributed by atoms with Gasteiger partial charge in [-0.1, -0.05) is 18.9 Å². The molecule has 5 heterocycles. The second-order valence-corrected chi connectivity index (χ2v) is 11.8. The first-order valence-corrected chi connectivity index (χ1v) is 15.3. The number of rotatable bonds is 7. The van der Waals surface area contributed by atoms with Crippen LogP contribution in [0.5, 0.6) is 11.8 Å². The largest absolute Gasteiger partial charge is 0.508 e. The molecular weight excluding hydrogens is 564 g/mol. The number of terminal acetylenes is 1. The van der Waals surface area contributed by atoms with Crippen molar-refractivity contribution in [1.29, 1.82) is 0 Å². The molecule has 0 aliphatic carbocycles. The normalized spacial score (nSPS) is 20.8. The highest BCUT2D eigenvalue weighted by atomic mass is 19.1. The predicted molar refractivity (Wildman–Crippen MR) is 166 cm³/mol. The van der Waals surface area contributed by atoms with E-state index in [9.17, 15) is 9.50 Å². The van der Waals surface area contributed by atoms with Crippen LogP contribution in [-0.2, 0) is 0 Å². The summed E-state index contributed by atoms with van der Waals surface area (Å²) in [6, 6.07) is 6.31. The van der Waals surface area contributed by atoms with Gasteiger partial charge in [-0.05, 0) is 43.0 Å². The number of hydrogen-bond acceptors (Lipinski definition) is 9. The maximum absolute atomic E-state index is 16.6. The third kappa shape index (κ3) is 5.27. The Bertz CT molecular complexity index is 1760. The van der Waals surface area contributed by atoms with Crippen LogP contribution in [0.15, 0.2) is 30.5 Å². The molecule has 2 aromatic heterocycles. The molecule has 2 atom stereocenters. The molecule has 0 spiro atoms. The summed E-state index contributed by atoms with van der Waals surface area (Å²) in [6.45, 7) is 9.74. The number of aromatic nitrogens is 3. The predicted octanol–water partition coefficient (Wildman–Crippen LogP) is 3.77. The zero-order valence-corrected chi connectivity index (χ0v) is 24.7. The number of phenols is 1. The third-order valence-corrected chi connectivity index (χ3v) is 9.16. The Morgan fingerprint density at radius 1 is 1.07 bits per heavy atom. The van der Waals surface area contributed by atoms with Gasteiger partial charge in [0.2, 0.25) is 0 Å². The Morgan fingerprint density at radius 2 is 1.82 bits per heavy atom. The molecule has 3 saturated heterocycles. The molecule has 0 radical (unpaired) electrons. The van der Waals surface area contributed by atoms with Crippen molar-refractivity contribution in [3.8, 4) is 35.4 Å². The standard InChI is InChI=1S/C33H35F2N7O2/c1-3-24-27(34)8-5-20-15-23(43)16-25(28(20)24)30-29(35)31-26(17-36-30)32(42-18-21-6-7-22(19-42)37-21)39-33(38-31)44-14-13-41-11-9-40(4-2)10-12-41/h1,5,8,15-17,21-22,37,43H,4,6-7,9-14,18-19H2,2H3. The van der Waals surface area contributed by atoms with Gasteiger partial charge in [-0.15, -0.1) is 6.42 Å². The summed E-state index contributed by atoms with van der Waals surface area (Å²) in [7, 11) is 0. The SMILES string of the molecule is C#Cc1c(F)ccc2cc(O)cc(-c3ncc4c(N5CC6CCC(C5)N6)nc(OCCN5CCN(CC)CC5)nc4c3F)c12. The van der Waals surface area contributed by atoms with E-state index in [4.69, 9.17) is 16.1 Å². The van der Waals surface area contributed by atoms with Gasteiger partial charge in [0.15, 0.2) is 5.82 Å². The number of anilines is 1. The van der Waals surface area contributed by atoms with E-state index in [1.807, 2.05) is 0 Å². The van der Waals surface area contributed by atoms with Crippen molar-refractivity contribution in [1.82, 2.24) is 30.1 Å². The lowest BCUT2D eigenvalue weighted by Gasteiger charge is -2.34. The Balaban J connectivity index is 1.29. The summed E-state index contributed by atoms with van der Waals surface area (Å²) < 4.78 is 37.5. The van der Waals surface area contributed by atoms with E-state index < -0.39 is 11.6 Å². The Kier molecular flexibility index (Phi) is 7.66. The summed E-state index contributed by atoms with van der Waals surface area (Å²) in [5, 5.41) is 15.3. The van der Waals surface area contributed by atoms with Crippen molar-refractivity contribution in [3.05, 3.63) is 47.7 Å². The molecule has 2 unspecified atom stereocenters. The van der Waals surface area contributed by atoms with E-state index in [0.717, 1.165) is 58.7 Å². The van der Waals surface area contributed by atoms with Gasteiger partial charge in [-0.25, -0.2) is 8.78 Å². The van der Waals surface area contributed by atoms with Crippen molar-refractivity contribution in [3.63, 3.8) is 0 Å². The second-order valence-electron chi connectivity index (χ2n) is 11.8. The molecule has 7 rings (SSSR count). The quantitative estimate of drug-likeness (QED) is 0.308. The second kappa shape index (κ2) is 11.8. The molecule has 2 aromatic carbocycles. The molecule has 3 aliphatic rings. The number of ether oxygens (including phenoxy) is 1. The number of halogens is 2. The summed E-state index contributed by atoms with van der Waals surface area (Å²) in [5.41, 5.74) is 0.112. The van der Waals surface area contributed by atoms with Gasteiger partial charge < -0.3 is 25.0 Å². The molecule has 3 aliphatic heterocycles. The lowest BCUT2D eigenvalue weighted by Crippen LogP contribution is -2.51. The molecule has 11 heteroatoms. The first kappa shape index (κ1) is 28.6. The molecule has 228 valence electrons. The minimum absolute atomic E-state index is 0.0257. The third-order valence-electron chi connectivity index (χ3n) is 9.16. The van der Waals surface area contributed by atoms with Gasteiger partial charge in [-0.3, -0.25) is 9.88 Å². The number of fused-ring (bicyclic) bond motifs is 4. The molecular formula is C33H35F2N7O2. The van der Waals surface area contributed by atoms with Crippen LogP contribution < -0.4 is 15.0 Å². The summed E-state index contributed by atoms with van der Waals surface area (Å²) in [5.74, 6) is 1.51. The highest BCUT2D eigenvalue weighted by Crippen LogP contribution is 2.39. The number of nitrogens with one attached hydrogen (secondary N) is 1. The minimum atomic E-state index is -0.719. The van der Waals surface area contributed by atoms with Crippen LogP contribution in [0.3, 0.4) is 0 Å². The summed E-state index contributed by atoms with van der Waals surface area (Å²) in [6.07, 6.45) is 9.38. The van der Waals surface area contributed by atoms with Crippen molar-refractivity contribution in [2.24, 2.45) is 0 Å². The molecule has 44 heavy (non-hydrogen) atoms.